The van der Waals surface area contributed by atoms with Crippen LogP contribution in [0.2, 0.25) is 0 Å². The molecule has 0 heterocycles. The summed E-state index contributed by atoms with van der Waals surface area (Å²) in [6.07, 6.45) is 0. The predicted octanol–water partition coefficient (Wildman–Crippen LogP) is 3.47. The van der Waals surface area contributed by atoms with Crippen molar-refractivity contribution >= 4 is 11.4 Å². The smallest absolute Gasteiger partial charge is 0.164 e. The van der Waals surface area contributed by atoms with Crippen LogP contribution < -0.4 is 29.0 Å². The van der Waals surface area contributed by atoms with E-state index in [1.807, 2.05) is 18.2 Å². The highest BCUT2D eigenvalue weighted by Crippen LogP contribution is 2.39. The molecule has 2 aromatic rings. The van der Waals surface area contributed by atoms with Gasteiger partial charge in [-0.15, -0.1) is 0 Å². The highest BCUT2D eigenvalue weighted by molar-refractivity contribution is 5.72. The fourth-order valence-electron chi connectivity index (χ4n) is 2.16. The molecule has 0 radical (unpaired) electrons. The number of nitrogens with one attached hydrogen (secondary N) is 1. The molecule has 0 aromatic heterocycles. The summed E-state index contributed by atoms with van der Waals surface area (Å²) in [6.45, 7) is 0. The maximum absolute atomic E-state index is 5.41. The van der Waals surface area contributed by atoms with E-state index in [1.165, 1.54) is 0 Å². The van der Waals surface area contributed by atoms with Gasteiger partial charge in [0, 0.05) is 36.0 Å². The molecule has 0 saturated heterocycles. The molecular weight excluding hydrogens is 298 g/mol. The van der Waals surface area contributed by atoms with Gasteiger partial charge in [0.1, 0.15) is 17.2 Å². The van der Waals surface area contributed by atoms with Crippen molar-refractivity contribution in [2.75, 3.05) is 40.9 Å². The standard InChI is InChI=1S/C17H21NO5/c1-19-12-6-11(7-13(8-12)20-2)18-14-9-16(22-4)17(23-5)10-15(14)21-3/h6-10,18H,1-5H3. The third-order valence-corrected chi connectivity index (χ3v) is 3.34. The van der Waals surface area contributed by atoms with Gasteiger partial charge in [-0.2, -0.15) is 0 Å². The molecule has 23 heavy (non-hydrogen) atoms. The summed E-state index contributed by atoms with van der Waals surface area (Å²) < 4.78 is 26.6. The molecule has 2 aromatic carbocycles. The molecule has 6 heteroatoms. The lowest BCUT2D eigenvalue weighted by atomic mass is 10.2. The molecular formula is C17H21NO5. The number of rotatable bonds is 7. The number of ether oxygens (including phenoxy) is 5. The van der Waals surface area contributed by atoms with Crippen LogP contribution in [0.15, 0.2) is 30.3 Å². The first kappa shape index (κ1) is 16.6. The minimum atomic E-state index is 0.595. The van der Waals surface area contributed by atoms with Gasteiger partial charge < -0.3 is 29.0 Å². The summed E-state index contributed by atoms with van der Waals surface area (Å²) in [4.78, 5) is 0. The van der Waals surface area contributed by atoms with E-state index in [2.05, 4.69) is 5.32 Å². The van der Waals surface area contributed by atoms with E-state index in [9.17, 15) is 0 Å². The third-order valence-electron chi connectivity index (χ3n) is 3.34. The van der Waals surface area contributed by atoms with Crippen LogP contribution in [0.5, 0.6) is 28.7 Å². The van der Waals surface area contributed by atoms with E-state index in [4.69, 9.17) is 23.7 Å². The van der Waals surface area contributed by atoms with Gasteiger partial charge in [0.15, 0.2) is 11.5 Å². The molecule has 0 saturated carbocycles. The van der Waals surface area contributed by atoms with E-state index in [-0.39, 0.29) is 0 Å². The van der Waals surface area contributed by atoms with Gasteiger partial charge in [-0.05, 0) is 0 Å². The van der Waals surface area contributed by atoms with Gasteiger partial charge in [-0.3, -0.25) is 0 Å². The van der Waals surface area contributed by atoms with Crippen LogP contribution in [0.25, 0.3) is 0 Å². The van der Waals surface area contributed by atoms with Crippen LogP contribution in [0.3, 0.4) is 0 Å². The maximum Gasteiger partial charge on any atom is 0.164 e. The van der Waals surface area contributed by atoms with Gasteiger partial charge in [-0.1, -0.05) is 0 Å². The lowest BCUT2D eigenvalue weighted by Gasteiger charge is -2.16. The minimum Gasteiger partial charge on any atom is -0.497 e. The van der Waals surface area contributed by atoms with Crippen molar-refractivity contribution in [2.24, 2.45) is 0 Å². The average molecular weight is 319 g/mol. The van der Waals surface area contributed by atoms with Crippen molar-refractivity contribution < 1.29 is 23.7 Å². The van der Waals surface area contributed by atoms with Crippen molar-refractivity contribution in [1.29, 1.82) is 0 Å². The molecule has 0 aliphatic rings. The highest BCUT2D eigenvalue weighted by Gasteiger charge is 2.13. The molecule has 1 N–H and O–H groups in total. The SMILES string of the molecule is COc1cc(Nc2cc(OC)c(OC)cc2OC)cc(OC)c1. The Hall–Kier alpha value is -2.76. The number of hydrogen-bond acceptors (Lipinski definition) is 6. The third kappa shape index (κ3) is 3.71. The van der Waals surface area contributed by atoms with E-state index in [0.29, 0.717) is 28.7 Å². The molecule has 0 aliphatic carbocycles. The van der Waals surface area contributed by atoms with Crippen molar-refractivity contribution in [3.63, 3.8) is 0 Å². The second kappa shape index (κ2) is 7.49. The fraction of sp³-hybridized carbons (Fsp3) is 0.294. The second-order valence-corrected chi connectivity index (χ2v) is 4.63. The molecule has 0 atom stereocenters. The van der Waals surface area contributed by atoms with Gasteiger partial charge >= 0.3 is 0 Å². The minimum absolute atomic E-state index is 0.595. The summed E-state index contributed by atoms with van der Waals surface area (Å²) >= 11 is 0. The van der Waals surface area contributed by atoms with Crippen LogP contribution in [0.4, 0.5) is 11.4 Å². The summed E-state index contributed by atoms with van der Waals surface area (Å²) in [5.74, 6) is 3.20. The molecule has 0 spiro atoms. The first-order chi connectivity index (χ1) is 11.1. The maximum atomic E-state index is 5.41. The molecule has 124 valence electrons. The molecule has 0 unspecified atom stereocenters. The van der Waals surface area contributed by atoms with Crippen LogP contribution in [0, 0.1) is 0 Å². The van der Waals surface area contributed by atoms with Crippen LogP contribution in [-0.4, -0.2) is 35.5 Å². The molecule has 0 fully saturated rings. The normalized spacial score (nSPS) is 9.96. The zero-order chi connectivity index (χ0) is 16.8. The first-order valence-corrected chi connectivity index (χ1v) is 6.95. The quantitative estimate of drug-likeness (QED) is 0.843. The van der Waals surface area contributed by atoms with E-state index < -0.39 is 0 Å². The zero-order valence-corrected chi connectivity index (χ0v) is 13.9. The Labute approximate surface area is 135 Å². The lowest BCUT2D eigenvalue weighted by Crippen LogP contribution is -1.99. The average Bonchev–Trinajstić information content (AvgIpc) is 2.60. The van der Waals surface area contributed by atoms with Crippen molar-refractivity contribution in [2.45, 2.75) is 0 Å². The van der Waals surface area contributed by atoms with Gasteiger partial charge in [-0.25, -0.2) is 0 Å². The van der Waals surface area contributed by atoms with Gasteiger partial charge in [0.25, 0.3) is 0 Å². The van der Waals surface area contributed by atoms with Crippen LogP contribution >= 0.6 is 0 Å². The topological polar surface area (TPSA) is 58.2 Å². The second-order valence-electron chi connectivity index (χ2n) is 4.63. The molecule has 0 aliphatic heterocycles. The molecule has 2 rings (SSSR count). The Bertz CT molecular complexity index is 650. The van der Waals surface area contributed by atoms with Gasteiger partial charge in [0.05, 0.1) is 41.2 Å². The lowest BCUT2D eigenvalue weighted by molar-refractivity contribution is 0.349. The number of hydrogen-bond donors (Lipinski definition) is 1. The largest absolute Gasteiger partial charge is 0.497 e. The Kier molecular flexibility index (Phi) is 5.41. The monoisotopic (exact) mass is 319 g/mol. The summed E-state index contributed by atoms with van der Waals surface area (Å²) in [7, 11) is 7.98. The Morgan fingerprint density at radius 3 is 1.57 bits per heavy atom. The summed E-state index contributed by atoms with van der Waals surface area (Å²) in [6, 6.07) is 9.09. The molecule has 6 nitrogen and oxygen atoms in total. The van der Waals surface area contributed by atoms with Crippen molar-refractivity contribution in [3.8, 4) is 28.7 Å². The highest BCUT2D eigenvalue weighted by atomic mass is 16.5. The first-order valence-electron chi connectivity index (χ1n) is 6.95. The number of benzene rings is 2. The van der Waals surface area contributed by atoms with Crippen LogP contribution in [-0.2, 0) is 0 Å². The Morgan fingerprint density at radius 1 is 0.565 bits per heavy atom. The Morgan fingerprint density at radius 2 is 1.09 bits per heavy atom. The van der Waals surface area contributed by atoms with Crippen LogP contribution in [0.1, 0.15) is 0 Å². The van der Waals surface area contributed by atoms with Gasteiger partial charge in [0.2, 0.25) is 0 Å². The number of anilines is 2. The van der Waals surface area contributed by atoms with E-state index in [0.717, 1.165) is 11.4 Å². The fourth-order valence-corrected chi connectivity index (χ4v) is 2.16. The van der Waals surface area contributed by atoms with Crippen molar-refractivity contribution in [1.82, 2.24) is 0 Å². The molecule has 0 bridgehead atoms. The Balaban J connectivity index is 2.42. The predicted molar refractivity (Wildman–Crippen MR) is 88.9 cm³/mol. The van der Waals surface area contributed by atoms with E-state index >= 15 is 0 Å². The summed E-state index contributed by atoms with van der Waals surface area (Å²) in [5.41, 5.74) is 1.53. The summed E-state index contributed by atoms with van der Waals surface area (Å²) in [5, 5.41) is 3.28. The van der Waals surface area contributed by atoms with E-state index in [1.54, 1.807) is 47.7 Å². The number of methoxy groups -OCH3 is 5. The molecule has 0 amide bonds. The van der Waals surface area contributed by atoms with Crippen molar-refractivity contribution in [3.05, 3.63) is 30.3 Å². The zero-order valence-electron chi connectivity index (χ0n) is 13.9.